The lowest BCUT2D eigenvalue weighted by Gasteiger charge is -2.30. The van der Waals surface area contributed by atoms with Crippen molar-refractivity contribution >= 4 is 49.8 Å². The van der Waals surface area contributed by atoms with Gasteiger partial charge in [-0.3, -0.25) is 0 Å². The fraction of sp³-hybridized carbons (Fsp3) is 0.0612. The molecule has 9 aromatic rings. The fourth-order valence-corrected chi connectivity index (χ4v) is 8.44. The molecule has 0 spiro atoms. The van der Waals surface area contributed by atoms with Crippen LogP contribution in [0.4, 0.5) is 17.1 Å². The van der Waals surface area contributed by atoms with E-state index in [-0.39, 0.29) is 5.41 Å². The number of fused-ring (bicyclic) bond motifs is 8. The minimum Gasteiger partial charge on any atom is -0.455 e. The molecule has 0 bridgehead atoms. The Bertz CT molecular complexity index is 2770. The monoisotopic (exact) mass is 653 g/mol. The molecule has 2 nitrogen and oxygen atoms in total. The van der Waals surface area contributed by atoms with Gasteiger partial charge in [0.05, 0.1) is 16.8 Å². The van der Waals surface area contributed by atoms with Crippen molar-refractivity contribution in [3.8, 4) is 33.4 Å². The molecule has 0 radical (unpaired) electrons. The van der Waals surface area contributed by atoms with Gasteiger partial charge in [-0.1, -0.05) is 153 Å². The SMILES string of the molecule is CC1(C)c2ccccc2-c2ccc(N(c3ccccc3-c3ccccc3)c3cccc4oc5c6ccccc6c(-c6ccccc6)cc5c34)cc21. The minimum absolute atomic E-state index is 0.135. The van der Waals surface area contributed by atoms with Crippen molar-refractivity contribution < 1.29 is 4.42 Å². The zero-order valence-electron chi connectivity index (χ0n) is 28.6. The molecule has 0 saturated heterocycles. The Morgan fingerprint density at radius 1 is 0.431 bits per heavy atom. The number of hydrogen-bond donors (Lipinski definition) is 0. The minimum atomic E-state index is -0.135. The molecule has 0 atom stereocenters. The summed E-state index contributed by atoms with van der Waals surface area (Å²) in [6, 6.07) is 63.5. The first-order valence-corrected chi connectivity index (χ1v) is 17.7. The van der Waals surface area contributed by atoms with Crippen molar-refractivity contribution in [1.82, 2.24) is 0 Å². The number of hydrogen-bond acceptors (Lipinski definition) is 2. The summed E-state index contributed by atoms with van der Waals surface area (Å²) < 4.78 is 6.86. The van der Waals surface area contributed by atoms with Gasteiger partial charge in [-0.05, 0) is 80.7 Å². The van der Waals surface area contributed by atoms with E-state index in [1.807, 2.05) is 0 Å². The van der Waals surface area contributed by atoms with E-state index in [9.17, 15) is 0 Å². The van der Waals surface area contributed by atoms with Crippen molar-refractivity contribution in [3.63, 3.8) is 0 Å². The lowest BCUT2D eigenvalue weighted by molar-refractivity contribution is 0.660. The Labute approximate surface area is 297 Å². The van der Waals surface area contributed by atoms with E-state index in [1.165, 1.54) is 49.9 Å². The second kappa shape index (κ2) is 11.3. The van der Waals surface area contributed by atoms with E-state index in [4.69, 9.17) is 4.42 Å². The van der Waals surface area contributed by atoms with Crippen molar-refractivity contribution in [2.75, 3.05) is 4.90 Å². The number of nitrogens with zero attached hydrogens (tertiary/aromatic N) is 1. The first-order chi connectivity index (χ1) is 25.1. The van der Waals surface area contributed by atoms with Crippen LogP contribution in [0.15, 0.2) is 180 Å². The summed E-state index contributed by atoms with van der Waals surface area (Å²) in [6.07, 6.45) is 0. The van der Waals surface area contributed by atoms with Crippen LogP contribution in [-0.2, 0) is 5.41 Å². The molecule has 8 aromatic carbocycles. The van der Waals surface area contributed by atoms with Crippen LogP contribution in [-0.4, -0.2) is 0 Å². The Kier molecular flexibility index (Phi) is 6.56. The van der Waals surface area contributed by atoms with E-state index in [0.717, 1.165) is 44.4 Å². The molecule has 0 saturated carbocycles. The first-order valence-electron chi connectivity index (χ1n) is 17.7. The molecule has 0 fully saturated rings. The van der Waals surface area contributed by atoms with Crippen molar-refractivity contribution in [1.29, 1.82) is 0 Å². The van der Waals surface area contributed by atoms with Gasteiger partial charge in [0.1, 0.15) is 11.2 Å². The van der Waals surface area contributed by atoms with E-state index >= 15 is 0 Å². The molecule has 1 aliphatic rings. The molecule has 1 heterocycles. The second-order valence-corrected chi connectivity index (χ2v) is 14.1. The van der Waals surface area contributed by atoms with Gasteiger partial charge in [-0.25, -0.2) is 0 Å². The van der Waals surface area contributed by atoms with Crippen LogP contribution in [0.25, 0.3) is 66.1 Å². The van der Waals surface area contributed by atoms with E-state index in [2.05, 4.69) is 195 Å². The maximum absolute atomic E-state index is 6.86. The summed E-state index contributed by atoms with van der Waals surface area (Å²) in [4.78, 5) is 2.45. The number of rotatable bonds is 5. The highest BCUT2D eigenvalue weighted by atomic mass is 16.3. The average molecular weight is 654 g/mol. The predicted molar refractivity (Wildman–Crippen MR) is 214 cm³/mol. The van der Waals surface area contributed by atoms with Gasteiger partial charge in [-0.15, -0.1) is 0 Å². The van der Waals surface area contributed by atoms with Gasteiger partial charge in [0, 0.05) is 27.4 Å². The molecule has 1 aromatic heterocycles. The van der Waals surface area contributed by atoms with Crippen molar-refractivity contribution in [2.24, 2.45) is 0 Å². The number of benzene rings is 8. The molecule has 10 rings (SSSR count). The third-order valence-electron chi connectivity index (χ3n) is 10.9. The summed E-state index contributed by atoms with van der Waals surface area (Å²) in [5.74, 6) is 0. The Balaban J connectivity index is 1.29. The summed E-state index contributed by atoms with van der Waals surface area (Å²) in [7, 11) is 0. The highest BCUT2D eigenvalue weighted by Gasteiger charge is 2.36. The quantitative estimate of drug-likeness (QED) is 0.184. The smallest absolute Gasteiger partial charge is 0.143 e. The van der Waals surface area contributed by atoms with Crippen LogP contribution < -0.4 is 4.90 Å². The zero-order valence-corrected chi connectivity index (χ0v) is 28.6. The van der Waals surface area contributed by atoms with Gasteiger partial charge >= 0.3 is 0 Å². The summed E-state index contributed by atoms with van der Waals surface area (Å²) in [5, 5.41) is 4.50. The van der Waals surface area contributed by atoms with Crippen LogP contribution in [0, 0.1) is 0 Å². The Morgan fingerprint density at radius 3 is 1.82 bits per heavy atom. The molecule has 0 amide bonds. The van der Waals surface area contributed by atoms with E-state index < -0.39 is 0 Å². The molecule has 51 heavy (non-hydrogen) atoms. The number of para-hydroxylation sites is 1. The van der Waals surface area contributed by atoms with Crippen LogP contribution in [0.3, 0.4) is 0 Å². The lowest BCUT2D eigenvalue weighted by Crippen LogP contribution is -2.17. The average Bonchev–Trinajstić information content (AvgIpc) is 3.68. The zero-order chi connectivity index (χ0) is 34.1. The largest absolute Gasteiger partial charge is 0.455 e. The maximum Gasteiger partial charge on any atom is 0.143 e. The standard InChI is InChI=1S/C49H35NO/c1-49(2)42-24-13-11-22-37(42)38-29-28-34(30-43(38)49)50(44-25-14-12-20-35(44)32-16-5-3-6-17-32)45-26-15-27-46-47(45)41-31-40(33-18-7-4-8-19-33)36-21-9-10-23-39(36)48(41)51-46/h3-31H,1-2H3. The second-order valence-electron chi connectivity index (χ2n) is 14.1. The van der Waals surface area contributed by atoms with Crippen molar-refractivity contribution in [3.05, 3.63) is 187 Å². The molecule has 0 unspecified atom stereocenters. The van der Waals surface area contributed by atoms with E-state index in [0.29, 0.717) is 0 Å². The van der Waals surface area contributed by atoms with Crippen LogP contribution in [0.2, 0.25) is 0 Å². The summed E-state index contributed by atoms with van der Waals surface area (Å²) >= 11 is 0. The maximum atomic E-state index is 6.86. The topological polar surface area (TPSA) is 16.4 Å². The fourth-order valence-electron chi connectivity index (χ4n) is 8.44. The third-order valence-corrected chi connectivity index (χ3v) is 10.9. The normalized spacial score (nSPS) is 13.1. The van der Waals surface area contributed by atoms with Crippen LogP contribution >= 0.6 is 0 Å². The number of furan rings is 1. The highest BCUT2D eigenvalue weighted by molar-refractivity contribution is 6.22. The molecule has 2 heteroatoms. The predicted octanol–water partition coefficient (Wildman–Crippen LogP) is 13.8. The van der Waals surface area contributed by atoms with E-state index in [1.54, 1.807) is 0 Å². The van der Waals surface area contributed by atoms with Gasteiger partial charge < -0.3 is 9.32 Å². The Hall–Kier alpha value is -6.38. The van der Waals surface area contributed by atoms with Gasteiger partial charge in [0.15, 0.2) is 0 Å². The van der Waals surface area contributed by atoms with Crippen LogP contribution in [0.5, 0.6) is 0 Å². The molecule has 1 aliphatic carbocycles. The molecule has 242 valence electrons. The lowest BCUT2D eigenvalue weighted by atomic mass is 9.82. The number of anilines is 3. The molecule has 0 aliphatic heterocycles. The first kappa shape index (κ1) is 29.5. The summed E-state index contributed by atoms with van der Waals surface area (Å²) in [5.41, 5.74) is 15.0. The Morgan fingerprint density at radius 2 is 1.04 bits per heavy atom. The molecule has 0 N–H and O–H groups in total. The molecular weight excluding hydrogens is 619 g/mol. The van der Waals surface area contributed by atoms with Gasteiger partial charge in [0.25, 0.3) is 0 Å². The van der Waals surface area contributed by atoms with Gasteiger partial charge in [0.2, 0.25) is 0 Å². The van der Waals surface area contributed by atoms with Crippen molar-refractivity contribution in [2.45, 2.75) is 19.3 Å². The third kappa shape index (κ3) is 4.50. The van der Waals surface area contributed by atoms with Gasteiger partial charge in [-0.2, -0.15) is 0 Å². The molecular formula is C49H35NO. The van der Waals surface area contributed by atoms with Crippen LogP contribution in [0.1, 0.15) is 25.0 Å². The highest BCUT2D eigenvalue weighted by Crippen LogP contribution is 2.52. The summed E-state index contributed by atoms with van der Waals surface area (Å²) in [6.45, 7) is 4.70.